The molecule has 1 atom stereocenters. The number of hydrogen-bond acceptors (Lipinski definition) is 8. The zero-order valence-corrected chi connectivity index (χ0v) is 17.0. The molecule has 0 radical (unpaired) electrons. The zero-order chi connectivity index (χ0) is 23.2. The van der Waals surface area contributed by atoms with Crippen molar-refractivity contribution < 1.29 is 13.2 Å². The zero-order valence-electron chi connectivity index (χ0n) is 16.3. The van der Waals surface area contributed by atoms with Crippen molar-refractivity contribution in [2.45, 2.75) is 19.1 Å². The first-order chi connectivity index (χ1) is 15.1. The molecule has 4 rings (SSSR count). The summed E-state index contributed by atoms with van der Waals surface area (Å²) in [4.78, 5) is 25.4. The SMILES string of the molecule is C[C@H](Nc1nc(N)nc(N)c1Cl)c1nc2cccc(C(F)(F)F)c2c(=O)n1-c1cn[nH]c1. The first-order valence-electron chi connectivity index (χ1n) is 9.05. The topological polar surface area (TPSA) is 153 Å². The molecule has 4 aromatic rings. The van der Waals surface area contributed by atoms with Crippen LogP contribution in [0.5, 0.6) is 0 Å². The summed E-state index contributed by atoms with van der Waals surface area (Å²) in [7, 11) is 0. The van der Waals surface area contributed by atoms with Crippen molar-refractivity contribution in [3.63, 3.8) is 0 Å². The number of nitrogen functional groups attached to an aromatic ring is 2. The highest BCUT2D eigenvalue weighted by molar-refractivity contribution is 6.35. The second kappa shape index (κ2) is 7.67. The Morgan fingerprint density at radius 3 is 2.62 bits per heavy atom. The van der Waals surface area contributed by atoms with Crippen molar-refractivity contribution >= 4 is 40.1 Å². The van der Waals surface area contributed by atoms with Gasteiger partial charge < -0.3 is 16.8 Å². The molecule has 0 aliphatic heterocycles. The van der Waals surface area contributed by atoms with E-state index in [1.54, 1.807) is 6.92 Å². The lowest BCUT2D eigenvalue weighted by molar-refractivity contribution is -0.136. The molecule has 3 heterocycles. The van der Waals surface area contributed by atoms with E-state index in [-0.39, 0.29) is 39.6 Å². The molecule has 1 aromatic carbocycles. The van der Waals surface area contributed by atoms with Crippen LogP contribution in [0.1, 0.15) is 24.4 Å². The maximum absolute atomic E-state index is 13.6. The number of benzene rings is 1. The Bertz CT molecular complexity index is 1370. The molecule has 3 aromatic heterocycles. The highest BCUT2D eigenvalue weighted by atomic mass is 35.5. The Morgan fingerprint density at radius 1 is 1.22 bits per heavy atom. The first kappa shape index (κ1) is 21.4. The van der Waals surface area contributed by atoms with Gasteiger partial charge in [-0.2, -0.15) is 28.2 Å². The molecule has 0 fully saturated rings. The summed E-state index contributed by atoms with van der Waals surface area (Å²) in [6, 6.07) is 2.57. The van der Waals surface area contributed by atoms with Crippen LogP contribution in [0.25, 0.3) is 16.6 Å². The molecule has 0 spiro atoms. The Morgan fingerprint density at radius 2 is 1.97 bits per heavy atom. The molecule has 0 amide bonds. The number of rotatable bonds is 4. The molecule has 0 saturated heterocycles. The van der Waals surface area contributed by atoms with Crippen LogP contribution < -0.4 is 22.3 Å². The second-order valence-corrected chi connectivity index (χ2v) is 7.14. The second-order valence-electron chi connectivity index (χ2n) is 6.76. The van der Waals surface area contributed by atoms with Gasteiger partial charge in [-0.15, -0.1) is 0 Å². The molecule has 0 aliphatic rings. The summed E-state index contributed by atoms with van der Waals surface area (Å²) < 4.78 is 41.8. The maximum atomic E-state index is 13.6. The highest BCUT2D eigenvalue weighted by Crippen LogP contribution is 2.34. The molecular formula is C18H15ClF3N9O. The van der Waals surface area contributed by atoms with Crippen LogP contribution in [0.2, 0.25) is 5.02 Å². The van der Waals surface area contributed by atoms with E-state index in [1.165, 1.54) is 24.5 Å². The maximum Gasteiger partial charge on any atom is 0.417 e. The van der Waals surface area contributed by atoms with Crippen molar-refractivity contribution in [2.24, 2.45) is 0 Å². The lowest BCUT2D eigenvalue weighted by Gasteiger charge is -2.21. The quantitative estimate of drug-likeness (QED) is 0.359. The normalized spacial score (nSPS) is 12.8. The lowest BCUT2D eigenvalue weighted by atomic mass is 10.1. The van der Waals surface area contributed by atoms with Crippen molar-refractivity contribution in [1.82, 2.24) is 29.7 Å². The molecular weight excluding hydrogens is 451 g/mol. The summed E-state index contributed by atoms with van der Waals surface area (Å²) in [5, 5.41) is 8.67. The summed E-state index contributed by atoms with van der Waals surface area (Å²) in [6.07, 6.45) is -2.10. The molecule has 14 heteroatoms. The first-order valence-corrected chi connectivity index (χ1v) is 9.42. The van der Waals surface area contributed by atoms with Gasteiger partial charge in [-0.3, -0.25) is 14.5 Å². The van der Waals surface area contributed by atoms with Crippen molar-refractivity contribution in [3.05, 3.63) is 57.4 Å². The summed E-state index contributed by atoms with van der Waals surface area (Å²) in [5.74, 6) is -0.0613. The van der Waals surface area contributed by atoms with Gasteiger partial charge in [0.15, 0.2) is 5.82 Å². The van der Waals surface area contributed by atoms with E-state index in [9.17, 15) is 18.0 Å². The number of nitrogens with two attached hydrogens (primary N) is 2. The number of nitrogens with one attached hydrogen (secondary N) is 2. The van der Waals surface area contributed by atoms with Crippen molar-refractivity contribution in [2.75, 3.05) is 16.8 Å². The van der Waals surface area contributed by atoms with Crippen LogP contribution in [0.3, 0.4) is 0 Å². The Balaban J connectivity index is 1.95. The van der Waals surface area contributed by atoms with Crippen LogP contribution in [0.15, 0.2) is 35.4 Å². The van der Waals surface area contributed by atoms with E-state index in [0.29, 0.717) is 0 Å². The number of hydrogen-bond donors (Lipinski definition) is 4. The van der Waals surface area contributed by atoms with Gasteiger partial charge in [0.1, 0.15) is 16.7 Å². The van der Waals surface area contributed by atoms with Crippen LogP contribution in [0, 0.1) is 0 Å². The number of anilines is 3. The molecule has 32 heavy (non-hydrogen) atoms. The molecule has 166 valence electrons. The van der Waals surface area contributed by atoms with Crippen LogP contribution in [-0.2, 0) is 6.18 Å². The van der Waals surface area contributed by atoms with E-state index in [0.717, 1.165) is 10.6 Å². The van der Waals surface area contributed by atoms with Gasteiger partial charge in [-0.05, 0) is 19.1 Å². The van der Waals surface area contributed by atoms with E-state index >= 15 is 0 Å². The third kappa shape index (κ3) is 3.66. The lowest BCUT2D eigenvalue weighted by Crippen LogP contribution is -2.29. The van der Waals surface area contributed by atoms with Crippen LogP contribution >= 0.6 is 11.6 Å². The number of nitrogens with zero attached hydrogens (tertiary/aromatic N) is 5. The van der Waals surface area contributed by atoms with Gasteiger partial charge in [0, 0.05) is 6.20 Å². The monoisotopic (exact) mass is 465 g/mol. The number of alkyl halides is 3. The number of aromatic nitrogens is 6. The van der Waals surface area contributed by atoms with Crippen LogP contribution in [-0.4, -0.2) is 29.7 Å². The molecule has 0 aliphatic carbocycles. The summed E-state index contributed by atoms with van der Waals surface area (Å²) in [6.45, 7) is 1.61. The minimum Gasteiger partial charge on any atom is -0.382 e. The molecule has 0 bridgehead atoms. The number of H-pyrrole nitrogens is 1. The predicted octanol–water partition coefficient (Wildman–Crippen LogP) is 2.91. The van der Waals surface area contributed by atoms with Gasteiger partial charge in [0.2, 0.25) is 5.95 Å². The third-order valence-corrected chi connectivity index (χ3v) is 4.98. The van der Waals surface area contributed by atoms with Gasteiger partial charge >= 0.3 is 6.18 Å². The van der Waals surface area contributed by atoms with Crippen LogP contribution in [0.4, 0.5) is 30.8 Å². The Hall–Kier alpha value is -3.87. The average molecular weight is 466 g/mol. The fraction of sp³-hybridized carbons (Fsp3) is 0.167. The number of aromatic amines is 1. The molecule has 6 N–H and O–H groups in total. The predicted molar refractivity (Wildman–Crippen MR) is 112 cm³/mol. The number of halogens is 4. The Labute approximate surface area is 182 Å². The highest BCUT2D eigenvalue weighted by Gasteiger charge is 2.35. The third-order valence-electron chi connectivity index (χ3n) is 4.61. The standard InChI is InChI=1S/C18H15ClF3N9O/c1-7(27-14-12(19)13(23)29-17(24)30-14)15-28-10-4-2-3-9(18(20,21)22)11(10)16(32)31(15)8-5-25-26-6-8/h2-7H,1H3,(H,25,26)(H5,23,24,27,29,30)/t7-/m0/s1. The van der Waals surface area contributed by atoms with Crippen molar-refractivity contribution in [1.29, 1.82) is 0 Å². The van der Waals surface area contributed by atoms with Gasteiger partial charge in [0.25, 0.3) is 5.56 Å². The molecule has 0 unspecified atom stereocenters. The summed E-state index contributed by atoms with van der Waals surface area (Å²) >= 11 is 6.14. The van der Waals surface area contributed by atoms with Crippen molar-refractivity contribution in [3.8, 4) is 5.69 Å². The molecule has 10 nitrogen and oxygen atoms in total. The van der Waals surface area contributed by atoms with E-state index in [4.69, 9.17) is 23.1 Å². The van der Waals surface area contributed by atoms with Gasteiger partial charge in [0.05, 0.1) is 34.4 Å². The molecule has 0 saturated carbocycles. The number of fused-ring (bicyclic) bond motifs is 1. The fourth-order valence-electron chi connectivity index (χ4n) is 3.24. The Kier molecular flexibility index (Phi) is 5.12. The fourth-order valence-corrected chi connectivity index (χ4v) is 3.38. The average Bonchev–Trinajstić information content (AvgIpc) is 3.24. The van der Waals surface area contributed by atoms with E-state index < -0.39 is 28.7 Å². The van der Waals surface area contributed by atoms with Gasteiger partial charge in [-0.25, -0.2) is 4.98 Å². The smallest absolute Gasteiger partial charge is 0.382 e. The van der Waals surface area contributed by atoms with Gasteiger partial charge in [-0.1, -0.05) is 17.7 Å². The van der Waals surface area contributed by atoms with E-state index in [1.807, 2.05) is 0 Å². The van der Waals surface area contributed by atoms with E-state index in [2.05, 4.69) is 30.5 Å². The minimum absolute atomic E-state index is 0.0107. The minimum atomic E-state index is -4.75. The largest absolute Gasteiger partial charge is 0.417 e. The summed E-state index contributed by atoms with van der Waals surface area (Å²) in [5.41, 5.74) is 9.39.